The number of aliphatic hydroxyl groups is 1. The van der Waals surface area contributed by atoms with Crippen LogP contribution in [0.15, 0.2) is 30.6 Å². The zero-order valence-corrected chi connectivity index (χ0v) is 14.4. The monoisotopic (exact) mass is 325 g/mol. The Balaban J connectivity index is 2.02. The molecular weight excluding hydrogens is 302 g/mol. The minimum Gasteiger partial charge on any atom is -0.369 e. The topological polar surface area (TPSA) is 73.3 Å². The number of aliphatic hydroxyl groups excluding tert-OH is 1. The molecule has 2 aromatic heterocycles. The molecule has 0 spiro atoms. The molecule has 0 bridgehead atoms. The van der Waals surface area contributed by atoms with E-state index in [9.17, 15) is 5.11 Å². The fraction of sp³-hybridized carbons (Fsp3) is 0.333. The molecule has 1 aliphatic rings. The molecule has 126 valence electrons. The number of aryl methyl sites for hydroxylation is 1. The van der Waals surface area contributed by atoms with Gasteiger partial charge in [0.05, 0.1) is 5.56 Å². The summed E-state index contributed by atoms with van der Waals surface area (Å²) >= 11 is 0. The molecule has 1 atom stereocenters. The Labute approximate surface area is 142 Å². The summed E-state index contributed by atoms with van der Waals surface area (Å²) < 4.78 is 0. The molecule has 6 nitrogen and oxygen atoms in total. The fourth-order valence-electron chi connectivity index (χ4n) is 2.65. The molecule has 0 fully saturated rings. The molecule has 3 rings (SSSR count). The number of rotatable bonds is 4. The van der Waals surface area contributed by atoms with Crippen molar-refractivity contribution in [3.05, 3.63) is 47.3 Å². The molecule has 6 heteroatoms. The summed E-state index contributed by atoms with van der Waals surface area (Å²) in [5.41, 5.74) is 2.85. The molecule has 0 aromatic carbocycles. The van der Waals surface area contributed by atoms with Crippen molar-refractivity contribution in [3.8, 4) is 0 Å². The lowest BCUT2D eigenvalue weighted by Crippen LogP contribution is -2.25. The van der Waals surface area contributed by atoms with Crippen LogP contribution in [0, 0.1) is 6.92 Å². The molecular formula is C18H23N5O. The summed E-state index contributed by atoms with van der Waals surface area (Å²) in [5, 5.41) is 17.1. The average Bonchev–Trinajstić information content (AvgIpc) is 2.50. The summed E-state index contributed by atoms with van der Waals surface area (Å²) in [5.74, 6) is 2.12. The van der Waals surface area contributed by atoms with E-state index in [1.165, 1.54) is 0 Å². The molecule has 3 N–H and O–H groups in total. The van der Waals surface area contributed by atoms with Crippen LogP contribution in [0.5, 0.6) is 0 Å². The van der Waals surface area contributed by atoms with Gasteiger partial charge in [0, 0.05) is 25.5 Å². The number of nitrogens with zero attached hydrogens (tertiary/aromatic N) is 3. The summed E-state index contributed by atoms with van der Waals surface area (Å²) in [7, 11) is 1.84. The number of nitrogens with one attached hydrogen (secondary N) is 2. The van der Waals surface area contributed by atoms with Crippen molar-refractivity contribution in [2.24, 2.45) is 0 Å². The van der Waals surface area contributed by atoms with Crippen molar-refractivity contribution in [1.29, 1.82) is 0 Å². The van der Waals surface area contributed by atoms with Crippen LogP contribution in [0.25, 0.3) is 6.08 Å². The molecule has 0 aliphatic carbocycles. The van der Waals surface area contributed by atoms with Gasteiger partial charge in [0.15, 0.2) is 6.23 Å². The Morgan fingerprint density at radius 2 is 2.04 bits per heavy atom. The van der Waals surface area contributed by atoms with E-state index >= 15 is 0 Å². The second-order valence-electron chi connectivity index (χ2n) is 6.36. The van der Waals surface area contributed by atoms with Crippen LogP contribution in [0.3, 0.4) is 0 Å². The highest BCUT2D eigenvalue weighted by Gasteiger charge is 2.24. The van der Waals surface area contributed by atoms with Crippen molar-refractivity contribution in [2.45, 2.75) is 33.0 Å². The lowest BCUT2D eigenvalue weighted by Gasteiger charge is -2.30. The Bertz CT molecular complexity index is 772. The molecule has 1 aliphatic heterocycles. The Morgan fingerprint density at radius 3 is 2.75 bits per heavy atom. The normalized spacial score (nSPS) is 16.2. The van der Waals surface area contributed by atoms with Crippen LogP contribution in [0.4, 0.5) is 17.5 Å². The van der Waals surface area contributed by atoms with E-state index in [4.69, 9.17) is 0 Å². The highest BCUT2D eigenvalue weighted by molar-refractivity contribution is 5.70. The number of pyridine rings is 2. The molecule has 0 radical (unpaired) electrons. The van der Waals surface area contributed by atoms with Gasteiger partial charge in [0.2, 0.25) is 0 Å². The third kappa shape index (κ3) is 3.33. The number of hydrogen-bond acceptors (Lipinski definition) is 6. The predicted octanol–water partition coefficient (Wildman–Crippen LogP) is 3.26. The van der Waals surface area contributed by atoms with Crippen molar-refractivity contribution in [3.63, 3.8) is 0 Å². The minimum atomic E-state index is -0.718. The Kier molecular flexibility index (Phi) is 4.40. The van der Waals surface area contributed by atoms with Crippen molar-refractivity contribution in [1.82, 2.24) is 14.9 Å². The third-order valence-corrected chi connectivity index (χ3v) is 3.82. The van der Waals surface area contributed by atoms with E-state index in [0.29, 0.717) is 11.6 Å². The first kappa shape index (κ1) is 16.3. The SMILES string of the molecule is Cc1ccnc(Nc2cc3c(c(NC(C)C)n2)C(O)N(C)C=C3)c1. The van der Waals surface area contributed by atoms with Gasteiger partial charge in [-0.2, -0.15) is 0 Å². The van der Waals surface area contributed by atoms with Crippen LogP contribution >= 0.6 is 0 Å². The van der Waals surface area contributed by atoms with E-state index < -0.39 is 6.23 Å². The van der Waals surface area contributed by atoms with Gasteiger partial charge in [0.25, 0.3) is 0 Å². The summed E-state index contributed by atoms with van der Waals surface area (Å²) in [6.07, 6.45) is 4.89. The lowest BCUT2D eigenvalue weighted by atomic mass is 10.0. The molecule has 24 heavy (non-hydrogen) atoms. The maximum absolute atomic E-state index is 10.5. The van der Waals surface area contributed by atoms with Crippen LogP contribution < -0.4 is 10.6 Å². The minimum absolute atomic E-state index is 0.206. The van der Waals surface area contributed by atoms with Gasteiger partial charge in [-0.25, -0.2) is 9.97 Å². The first-order chi connectivity index (χ1) is 11.4. The first-order valence-corrected chi connectivity index (χ1v) is 8.03. The zero-order chi connectivity index (χ0) is 17.3. The van der Waals surface area contributed by atoms with Crippen LogP contribution in [-0.2, 0) is 0 Å². The van der Waals surface area contributed by atoms with E-state index in [2.05, 4.69) is 20.6 Å². The van der Waals surface area contributed by atoms with E-state index in [0.717, 1.165) is 22.5 Å². The Morgan fingerprint density at radius 1 is 1.25 bits per heavy atom. The molecule has 0 saturated carbocycles. The van der Waals surface area contributed by atoms with Gasteiger partial charge in [0.1, 0.15) is 17.5 Å². The third-order valence-electron chi connectivity index (χ3n) is 3.82. The molecule has 1 unspecified atom stereocenters. The van der Waals surface area contributed by atoms with Crippen LogP contribution in [-0.4, -0.2) is 33.1 Å². The fourth-order valence-corrected chi connectivity index (χ4v) is 2.65. The second kappa shape index (κ2) is 6.49. The maximum atomic E-state index is 10.5. The molecule has 0 saturated heterocycles. The smallest absolute Gasteiger partial charge is 0.156 e. The largest absolute Gasteiger partial charge is 0.369 e. The molecule has 0 amide bonds. The highest BCUT2D eigenvalue weighted by Crippen LogP contribution is 2.34. The van der Waals surface area contributed by atoms with Crippen LogP contribution in [0.2, 0.25) is 0 Å². The lowest BCUT2D eigenvalue weighted by molar-refractivity contribution is 0.0530. The first-order valence-electron chi connectivity index (χ1n) is 8.03. The number of hydrogen-bond donors (Lipinski definition) is 3. The summed E-state index contributed by atoms with van der Waals surface area (Å²) in [4.78, 5) is 10.7. The van der Waals surface area contributed by atoms with Crippen molar-refractivity contribution >= 4 is 23.5 Å². The molecule has 2 aromatic rings. The van der Waals surface area contributed by atoms with Gasteiger partial charge >= 0.3 is 0 Å². The van der Waals surface area contributed by atoms with Gasteiger partial charge in [-0.05, 0) is 56.2 Å². The predicted molar refractivity (Wildman–Crippen MR) is 97.0 cm³/mol. The zero-order valence-electron chi connectivity index (χ0n) is 14.4. The summed E-state index contributed by atoms with van der Waals surface area (Å²) in [6.45, 7) is 6.12. The maximum Gasteiger partial charge on any atom is 0.156 e. The van der Waals surface area contributed by atoms with Gasteiger partial charge in [-0.1, -0.05) is 0 Å². The summed E-state index contributed by atoms with van der Waals surface area (Å²) in [6, 6.07) is 6.05. The average molecular weight is 325 g/mol. The number of anilines is 3. The van der Waals surface area contributed by atoms with E-state index in [1.807, 2.05) is 58.3 Å². The van der Waals surface area contributed by atoms with E-state index in [1.54, 1.807) is 11.1 Å². The van der Waals surface area contributed by atoms with E-state index in [-0.39, 0.29) is 6.04 Å². The quantitative estimate of drug-likeness (QED) is 0.801. The van der Waals surface area contributed by atoms with Crippen molar-refractivity contribution < 1.29 is 5.11 Å². The molecule has 3 heterocycles. The highest BCUT2D eigenvalue weighted by atomic mass is 16.3. The van der Waals surface area contributed by atoms with Gasteiger partial charge in [-0.15, -0.1) is 0 Å². The van der Waals surface area contributed by atoms with Gasteiger partial charge in [-0.3, -0.25) is 0 Å². The van der Waals surface area contributed by atoms with Crippen LogP contribution in [0.1, 0.15) is 36.8 Å². The second-order valence-corrected chi connectivity index (χ2v) is 6.36. The van der Waals surface area contributed by atoms with Gasteiger partial charge < -0.3 is 20.6 Å². The number of fused-ring (bicyclic) bond motifs is 1. The Hall–Kier alpha value is -2.60. The van der Waals surface area contributed by atoms with Crippen molar-refractivity contribution in [2.75, 3.05) is 17.7 Å². The standard InChI is InChI=1S/C18H23N5O/c1-11(2)20-17-16-13(6-8-23(4)18(16)24)10-15(22-17)21-14-9-12(3)5-7-19-14/h5-11,18,24H,1-4H3,(H2,19,20,21,22). The number of aromatic nitrogens is 2.